The Morgan fingerprint density at radius 3 is 2.00 bits per heavy atom. The summed E-state index contributed by atoms with van der Waals surface area (Å²) in [6.07, 6.45) is -0.0458. The number of amides is 2. The number of rotatable bonds is 3. The van der Waals surface area contributed by atoms with Gasteiger partial charge in [0, 0.05) is 13.1 Å². The van der Waals surface area contributed by atoms with E-state index in [9.17, 15) is 9.59 Å². The fourth-order valence-electron chi connectivity index (χ4n) is 4.67. The number of benzene rings is 2. The lowest BCUT2D eigenvalue weighted by Crippen LogP contribution is -2.47. The zero-order valence-electron chi connectivity index (χ0n) is 20.7. The third-order valence-electron chi connectivity index (χ3n) is 6.58. The van der Waals surface area contributed by atoms with Gasteiger partial charge in [-0.05, 0) is 67.5 Å². The molecule has 2 aliphatic rings. The van der Waals surface area contributed by atoms with Gasteiger partial charge in [-0.1, -0.05) is 51.1 Å². The predicted octanol–water partition coefficient (Wildman–Crippen LogP) is 4.99. The van der Waals surface area contributed by atoms with Crippen LogP contribution in [0.4, 0.5) is 5.69 Å². The molecule has 0 aromatic heterocycles. The van der Waals surface area contributed by atoms with Crippen molar-refractivity contribution < 1.29 is 14.3 Å². The van der Waals surface area contributed by atoms with Crippen molar-refractivity contribution in [1.82, 2.24) is 4.90 Å². The van der Waals surface area contributed by atoms with E-state index in [-0.39, 0.29) is 29.4 Å². The smallest absolute Gasteiger partial charge is 0.282 e. The molecule has 0 N–H and O–H groups in total. The molecule has 2 aromatic rings. The molecule has 5 heteroatoms. The summed E-state index contributed by atoms with van der Waals surface area (Å²) in [5.74, 6) is -0.536. The highest BCUT2D eigenvalue weighted by atomic mass is 16.5. The van der Waals surface area contributed by atoms with Crippen molar-refractivity contribution in [3.63, 3.8) is 0 Å². The lowest BCUT2D eigenvalue weighted by Gasteiger charge is -2.37. The number of morpholine rings is 1. The Balaban J connectivity index is 1.81. The molecule has 0 aliphatic carbocycles. The molecule has 2 aliphatic heterocycles. The van der Waals surface area contributed by atoms with Crippen LogP contribution in [0.1, 0.15) is 56.9 Å². The fourth-order valence-corrected chi connectivity index (χ4v) is 4.67. The van der Waals surface area contributed by atoms with E-state index in [1.165, 1.54) is 4.90 Å². The summed E-state index contributed by atoms with van der Waals surface area (Å²) in [4.78, 5) is 31.0. The minimum Gasteiger partial charge on any atom is -0.372 e. The first kappa shape index (κ1) is 23.2. The standard InChI is InChI=1S/C28H34N2O3/c1-17-8-9-21(14-18(17)2)24-25(29-15-19(3)33-20(4)16-29)27(32)30(26(24)31)23-12-10-22(11-13-23)28(5,6)7/h8-14,19-20H,15-16H2,1-7H3. The number of ether oxygens (including phenoxy) is 1. The van der Waals surface area contributed by atoms with Gasteiger partial charge >= 0.3 is 0 Å². The summed E-state index contributed by atoms with van der Waals surface area (Å²) in [6.45, 7) is 15.7. The molecule has 5 nitrogen and oxygen atoms in total. The van der Waals surface area contributed by atoms with Crippen molar-refractivity contribution in [2.75, 3.05) is 18.0 Å². The largest absolute Gasteiger partial charge is 0.372 e. The number of aryl methyl sites for hydroxylation is 2. The zero-order chi connectivity index (χ0) is 24.1. The van der Waals surface area contributed by atoms with Gasteiger partial charge in [0.1, 0.15) is 5.70 Å². The summed E-state index contributed by atoms with van der Waals surface area (Å²) in [7, 11) is 0. The number of hydrogen-bond donors (Lipinski definition) is 0. The first-order valence-corrected chi connectivity index (χ1v) is 11.7. The molecule has 33 heavy (non-hydrogen) atoms. The Hall–Kier alpha value is -2.92. The van der Waals surface area contributed by atoms with E-state index in [0.29, 0.717) is 30.0 Å². The lowest BCUT2D eigenvalue weighted by molar-refractivity contribution is -0.121. The van der Waals surface area contributed by atoms with Crippen LogP contribution in [0.2, 0.25) is 0 Å². The van der Waals surface area contributed by atoms with Crippen LogP contribution in [0.3, 0.4) is 0 Å². The van der Waals surface area contributed by atoms with Crippen molar-refractivity contribution in [2.24, 2.45) is 0 Å². The van der Waals surface area contributed by atoms with Gasteiger partial charge in [-0.3, -0.25) is 9.59 Å². The van der Waals surface area contributed by atoms with Crippen molar-refractivity contribution in [2.45, 2.75) is 66.1 Å². The number of carbonyl (C=O) groups is 2. The van der Waals surface area contributed by atoms with Crippen molar-refractivity contribution >= 4 is 23.1 Å². The fraction of sp³-hybridized carbons (Fsp3) is 0.429. The molecule has 0 radical (unpaired) electrons. The molecule has 1 fully saturated rings. The Kier molecular flexibility index (Phi) is 5.95. The van der Waals surface area contributed by atoms with E-state index in [2.05, 4.69) is 20.8 Å². The zero-order valence-corrected chi connectivity index (χ0v) is 20.7. The number of nitrogens with zero attached hydrogens (tertiary/aromatic N) is 2. The molecule has 0 spiro atoms. The first-order chi connectivity index (χ1) is 15.5. The second kappa shape index (κ2) is 8.45. The topological polar surface area (TPSA) is 49.9 Å². The van der Waals surface area contributed by atoms with Crippen LogP contribution in [0, 0.1) is 13.8 Å². The van der Waals surface area contributed by atoms with Crippen LogP contribution >= 0.6 is 0 Å². The quantitative estimate of drug-likeness (QED) is 0.623. The summed E-state index contributed by atoms with van der Waals surface area (Å²) >= 11 is 0. The average Bonchev–Trinajstić information content (AvgIpc) is 2.99. The van der Waals surface area contributed by atoms with E-state index in [1.54, 1.807) is 0 Å². The first-order valence-electron chi connectivity index (χ1n) is 11.7. The van der Waals surface area contributed by atoms with Gasteiger partial charge in [0.2, 0.25) is 0 Å². The highest BCUT2D eigenvalue weighted by molar-refractivity contribution is 6.45. The Bertz CT molecular complexity index is 1110. The summed E-state index contributed by atoms with van der Waals surface area (Å²) in [5.41, 5.74) is 5.73. The molecule has 174 valence electrons. The van der Waals surface area contributed by atoms with E-state index in [4.69, 9.17) is 4.74 Å². The highest BCUT2D eigenvalue weighted by Gasteiger charge is 2.44. The van der Waals surface area contributed by atoms with Crippen molar-refractivity contribution in [3.05, 3.63) is 70.4 Å². The van der Waals surface area contributed by atoms with Crippen LogP contribution in [0.5, 0.6) is 0 Å². The Morgan fingerprint density at radius 2 is 1.45 bits per heavy atom. The second-order valence-electron chi connectivity index (χ2n) is 10.4. The van der Waals surface area contributed by atoms with Gasteiger partial charge in [0.15, 0.2) is 0 Å². The maximum atomic E-state index is 13.8. The third-order valence-corrected chi connectivity index (χ3v) is 6.58. The van der Waals surface area contributed by atoms with E-state index < -0.39 is 0 Å². The molecular formula is C28H34N2O3. The third kappa shape index (κ3) is 4.34. The minimum atomic E-state index is -0.270. The molecule has 0 saturated carbocycles. The van der Waals surface area contributed by atoms with Gasteiger partial charge < -0.3 is 9.64 Å². The molecule has 2 aromatic carbocycles. The molecule has 2 unspecified atom stereocenters. The minimum absolute atomic E-state index is 0.00830. The van der Waals surface area contributed by atoms with Gasteiger partial charge in [-0.2, -0.15) is 0 Å². The van der Waals surface area contributed by atoms with Gasteiger partial charge in [0.05, 0.1) is 23.5 Å². The number of carbonyl (C=O) groups excluding carboxylic acids is 2. The van der Waals surface area contributed by atoms with Gasteiger partial charge in [-0.25, -0.2) is 4.90 Å². The molecule has 2 heterocycles. The summed E-state index contributed by atoms with van der Waals surface area (Å²) < 4.78 is 5.90. The van der Waals surface area contributed by atoms with Crippen LogP contribution < -0.4 is 4.90 Å². The monoisotopic (exact) mass is 446 g/mol. The van der Waals surface area contributed by atoms with Crippen LogP contribution in [0.25, 0.3) is 5.57 Å². The average molecular weight is 447 g/mol. The molecule has 0 bridgehead atoms. The molecule has 2 amide bonds. The maximum absolute atomic E-state index is 13.8. The second-order valence-corrected chi connectivity index (χ2v) is 10.4. The Labute approximate surface area is 197 Å². The van der Waals surface area contributed by atoms with Crippen molar-refractivity contribution in [1.29, 1.82) is 0 Å². The van der Waals surface area contributed by atoms with E-state index >= 15 is 0 Å². The van der Waals surface area contributed by atoms with E-state index in [1.807, 2.05) is 75.1 Å². The maximum Gasteiger partial charge on any atom is 0.282 e. The molecule has 2 atom stereocenters. The van der Waals surface area contributed by atoms with Crippen LogP contribution in [0.15, 0.2) is 48.2 Å². The number of hydrogen-bond acceptors (Lipinski definition) is 4. The van der Waals surface area contributed by atoms with Crippen molar-refractivity contribution in [3.8, 4) is 0 Å². The summed E-state index contributed by atoms with van der Waals surface area (Å²) in [5, 5.41) is 0. The molecule has 1 saturated heterocycles. The number of anilines is 1. The molecular weight excluding hydrogens is 412 g/mol. The highest BCUT2D eigenvalue weighted by Crippen LogP contribution is 2.37. The van der Waals surface area contributed by atoms with Gasteiger partial charge in [-0.15, -0.1) is 0 Å². The Morgan fingerprint density at radius 1 is 0.848 bits per heavy atom. The predicted molar refractivity (Wildman–Crippen MR) is 132 cm³/mol. The summed E-state index contributed by atoms with van der Waals surface area (Å²) in [6, 6.07) is 13.7. The lowest BCUT2D eigenvalue weighted by atomic mass is 9.87. The van der Waals surface area contributed by atoms with E-state index in [0.717, 1.165) is 22.3 Å². The number of imide groups is 1. The van der Waals surface area contributed by atoms with Gasteiger partial charge in [0.25, 0.3) is 11.8 Å². The normalized spacial score (nSPS) is 21.9. The van der Waals surface area contributed by atoms with Crippen LogP contribution in [-0.4, -0.2) is 42.0 Å². The molecule has 4 rings (SSSR count). The van der Waals surface area contributed by atoms with Crippen LogP contribution in [-0.2, 0) is 19.7 Å². The SMILES string of the molecule is Cc1ccc(C2=C(N3CC(C)OC(C)C3)C(=O)N(c3ccc(C(C)(C)C)cc3)C2=O)cc1C.